The van der Waals surface area contributed by atoms with Crippen LogP contribution in [-0.2, 0) is 0 Å². The summed E-state index contributed by atoms with van der Waals surface area (Å²) in [5.41, 5.74) is 4.17. The molecule has 1 N–H and O–H groups in total. The van der Waals surface area contributed by atoms with Crippen LogP contribution in [0.4, 0.5) is 5.69 Å². The Morgan fingerprint density at radius 2 is 2.00 bits per heavy atom. The lowest BCUT2D eigenvalue weighted by Gasteiger charge is -2.23. The molecule has 1 aromatic rings. The van der Waals surface area contributed by atoms with Gasteiger partial charge < -0.3 is 0 Å². The molecule has 0 amide bonds. The van der Waals surface area contributed by atoms with Crippen LogP contribution in [0.5, 0.6) is 0 Å². The molecular formula is C12H16ClN3S. The Balaban J connectivity index is 2.26. The van der Waals surface area contributed by atoms with Gasteiger partial charge >= 0.3 is 0 Å². The summed E-state index contributed by atoms with van der Waals surface area (Å²) in [7, 11) is 0. The van der Waals surface area contributed by atoms with Gasteiger partial charge in [-0.3, -0.25) is 5.01 Å². The van der Waals surface area contributed by atoms with E-state index in [4.69, 9.17) is 11.6 Å². The van der Waals surface area contributed by atoms with Gasteiger partial charge in [0.05, 0.1) is 5.69 Å². The molecule has 0 saturated heterocycles. The highest BCUT2D eigenvalue weighted by Crippen LogP contribution is 2.27. The molecule has 5 heteroatoms. The largest absolute Gasteiger partial charge is 0.252 e. The topological polar surface area (TPSA) is 27.6 Å². The van der Waals surface area contributed by atoms with E-state index in [-0.39, 0.29) is 5.66 Å². The second kappa shape index (κ2) is 4.88. The second-order valence-corrected chi connectivity index (χ2v) is 5.98. The maximum atomic E-state index is 5.90. The summed E-state index contributed by atoms with van der Waals surface area (Å²) >= 11 is 7.63. The predicted octanol–water partition coefficient (Wildman–Crippen LogP) is 3.51. The van der Waals surface area contributed by atoms with E-state index < -0.39 is 0 Å². The number of amidine groups is 1. The van der Waals surface area contributed by atoms with Gasteiger partial charge in [-0.05, 0) is 43.9 Å². The van der Waals surface area contributed by atoms with Crippen LogP contribution in [0.25, 0.3) is 0 Å². The van der Waals surface area contributed by atoms with Crippen molar-refractivity contribution in [3.05, 3.63) is 29.3 Å². The number of hydrazine groups is 1. The van der Waals surface area contributed by atoms with E-state index in [2.05, 4.69) is 31.2 Å². The summed E-state index contributed by atoms with van der Waals surface area (Å²) in [6, 6.07) is 7.75. The lowest BCUT2D eigenvalue weighted by molar-refractivity contribution is 0.448. The molecule has 2 rings (SSSR count). The van der Waals surface area contributed by atoms with Crippen LogP contribution in [-0.4, -0.2) is 16.6 Å². The van der Waals surface area contributed by atoms with Crippen molar-refractivity contribution in [2.45, 2.75) is 26.4 Å². The molecular weight excluding hydrogens is 254 g/mol. The monoisotopic (exact) mass is 269 g/mol. The van der Waals surface area contributed by atoms with Crippen LogP contribution in [0.2, 0.25) is 5.02 Å². The molecule has 92 valence electrons. The molecule has 0 aliphatic carbocycles. The summed E-state index contributed by atoms with van der Waals surface area (Å²) in [6.45, 7) is 6.23. The normalized spacial score (nSPS) is 18.4. The van der Waals surface area contributed by atoms with Crippen molar-refractivity contribution >= 4 is 34.2 Å². The zero-order chi connectivity index (χ0) is 12.5. The third-order valence-electron chi connectivity index (χ3n) is 2.31. The molecule has 0 aromatic heterocycles. The molecule has 0 unspecified atom stereocenters. The minimum atomic E-state index is -0.253. The number of nitrogens with zero attached hydrogens (tertiary/aromatic N) is 2. The first-order valence-electron chi connectivity index (χ1n) is 5.58. The van der Waals surface area contributed by atoms with Gasteiger partial charge in [0.15, 0.2) is 5.17 Å². The van der Waals surface area contributed by atoms with E-state index >= 15 is 0 Å². The average molecular weight is 270 g/mol. The number of hydrogen-bond acceptors (Lipinski definition) is 4. The minimum absolute atomic E-state index is 0.253. The molecule has 1 aliphatic rings. The third kappa shape index (κ3) is 2.94. The number of thioether (sulfide) groups is 1. The number of benzene rings is 1. The average Bonchev–Trinajstić information content (AvgIpc) is 2.56. The van der Waals surface area contributed by atoms with Gasteiger partial charge in [-0.25, -0.2) is 10.4 Å². The van der Waals surface area contributed by atoms with E-state index in [0.717, 1.165) is 21.6 Å². The van der Waals surface area contributed by atoms with Crippen molar-refractivity contribution in [1.82, 2.24) is 5.43 Å². The fraction of sp³-hybridized carbons (Fsp3) is 0.417. The summed E-state index contributed by atoms with van der Waals surface area (Å²) in [6.07, 6.45) is 0. The van der Waals surface area contributed by atoms with Gasteiger partial charge in [0.2, 0.25) is 0 Å². The maximum absolute atomic E-state index is 5.90. The van der Waals surface area contributed by atoms with Gasteiger partial charge in [-0.1, -0.05) is 30.3 Å². The molecule has 0 bridgehead atoms. The van der Waals surface area contributed by atoms with Crippen molar-refractivity contribution in [2.75, 3.05) is 10.8 Å². The first-order valence-corrected chi connectivity index (χ1v) is 6.94. The predicted molar refractivity (Wildman–Crippen MR) is 76.7 cm³/mol. The molecule has 0 spiro atoms. The SMILES string of the molecule is CCSC1=NC(C)(C)NN1c1ccc(Cl)cc1. The zero-order valence-electron chi connectivity index (χ0n) is 10.2. The lowest BCUT2D eigenvalue weighted by atomic mass is 10.3. The van der Waals surface area contributed by atoms with Crippen LogP contribution in [0, 0.1) is 0 Å². The summed E-state index contributed by atoms with van der Waals surface area (Å²) in [5.74, 6) is 1.00. The summed E-state index contributed by atoms with van der Waals surface area (Å²) < 4.78 is 0. The Bertz CT molecular complexity index is 428. The molecule has 0 atom stereocenters. The highest BCUT2D eigenvalue weighted by molar-refractivity contribution is 8.14. The summed E-state index contributed by atoms with van der Waals surface area (Å²) in [5, 5.41) is 3.76. The first-order chi connectivity index (χ1) is 8.02. The van der Waals surface area contributed by atoms with Crippen molar-refractivity contribution in [3.8, 4) is 0 Å². The minimum Gasteiger partial charge on any atom is -0.252 e. The maximum Gasteiger partial charge on any atom is 0.180 e. The Morgan fingerprint density at radius 1 is 1.35 bits per heavy atom. The number of aliphatic imine (C=N–C) groups is 1. The standard InChI is InChI=1S/C12H16ClN3S/c1-4-17-11-14-12(2,3)15-16(11)10-7-5-9(13)6-8-10/h5-8,15H,4H2,1-3H3. The molecule has 0 radical (unpaired) electrons. The Labute approximate surface area is 111 Å². The van der Waals surface area contributed by atoms with Crippen molar-refractivity contribution < 1.29 is 0 Å². The Kier molecular flexibility index (Phi) is 3.66. The molecule has 1 aliphatic heterocycles. The van der Waals surface area contributed by atoms with Crippen LogP contribution in [0.15, 0.2) is 29.3 Å². The molecule has 0 saturated carbocycles. The molecule has 3 nitrogen and oxygen atoms in total. The van der Waals surface area contributed by atoms with E-state index in [9.17, 15) is 0 Å². The van der Waals surface area contributed by atoms with Gasteiger partial charge in [-0.2, -0.15) is 0 Å². The fourth-order valence-electron chi connectivity index (χ4n) is 1.63. The van der Waals surface area contributed by atoms with Crippen molar-refractivity contribution in [3.63, 3.8) is 0 Å². The highest BCUT2D eigenvalue weighted by atomic mass is 35.5. The smallest absolute Gasteiger partial charge is 0.180 e. The number of halogens is 1. The van der Waals surface area contributed by atoms with E-state index in [1.807, 2.05) is 29.3 Å². The molecule has 0 fully saturated rings. The van der Waals surface area contributed by atoms with Crippen molar-refractivity contribution in [2.24, 2.45) is 4.99 Å². The first kappa shape index (κ1) is 12.7. The quantitative estimate of drug-likeness (QED) is 0.890. The van der Waals surface area contributed by atoms with Crippen LogP contribution in [0.3, 0.4) is 0 Å². The van der Waals surface area contributed by atoms with Crippen LogP contribution in [0.1, 0.15) is 20.8 Å². The van der Waals surface area contributed by atoms with E-state index in [1.54, 1.807) is 11.8 Å². The highest BCUT2D eigenvalue weighted by Gasteiger charge is 2.31. The third-order valence-corrected chi connectivity index (χ3v) is 3.38. The fourth-order valence-corrected chi connectivity index (χ4v) is 2.58. The number of nitrogens with one attached hydrogen (secondary N) is 1. The number of anilines is 1. The van der Waals surface area contributed by atoms with E-state index in [0.29, 0.717) is 0 Å². The zero-order valence-corrected chi connectivity index (χ0v) is 11.8. The van der Waals surface area contributed by atoms with Gasteiger partial charge in [0.25, 0.3) is 0 Å². The molecule has 17 heavy (non-hydrogen) atoms. The van der Waals surface area contributed by atoms with Crippen molar-refractivity contribution in [1.29, 1.82) is 0 Å². The molecule has 1 heterocycles. The summed E-state index contributed by atoms with van der Waals surface area (Å²) in [4.78, 5) is 4.65. The van der Waals surface area contributed by atoms with Gasteiger partial charge in [-0.15, -0.1) is 0 Å². The van der Waals surface area contributed by atoms with Gasteiger partial charge in [0, 0.05) is 5.02 Å². The Morgan fingerprint density at radius 3 is 2.59 bits per heavy atom. The molecule has 1 aromatic carbocycles. The van der Waals surface area contributed by atoms with Crippen LogP contribution < -0.4 is 10.4 Å². The number of hydrogen-bond donors (Lipinski definition) is 1. The Hall–Kier alpha value is -0.710. The van der Waals surface area contributed by atoms with E-state index in [1.165, 1.54) is 0 Å². The van der Waals surface area contributed by atoms with Gasteiger partial charge in [0.1, 0.15) is 5.66 Å². The van der Waals surface area contributed by atoms with Crippen LogP contribution >= 0.6 is 23.4 Å². The second-order valence-electron chi connectivity index (χ2n) is 4.31. The number of rotatable bonds is 2. The lowest BCUT2D eigenvalue weighted by Crippen LogP contribution is -2.44.